The topological polar surface area (TPSA) is 66.4 Å². The van der Waals surface area contributed by atoms with E-state index >= 15 is 0 Å². The van der Waals surface area contributed by atoms with Crippen molar-refractivity contribution in [3.8, 4) is 0 Å². The summed E-state index contributed by atoms with van der Waals surface area (Å²) < 4.78 is 54.8. The van der Waals surface area contributed by atoms with Crippen molar-refractivity contribution in [2.75, 3.05) is 5.32 Å². The molecule has 170 valence electrons. The maximum absolute atomic E-state index is 14.3. The van der Waals surface area contributed by atoms with Crippen LogP contribution in [0.15, 0.2) is 42.0 Å². The highest BCUT2D eigenvalue weighted by Gasteiger charge is 2.46. The van der Waals surface area contributed by atoms with Crippen LogP contribution >= 0.6 is 0 Å². The lowest BCUT2D eigenvalue weighted by Gasteiger charge is -2.31. The molecule has 0 aromatic heterocycles. The highest BCUT2D eigenvalue weighted by Crippen LogP contribution is 2.39. The van der Waals surface area contributed by atoms with Crippen LogP contribution < -0.4 is 5.32 Å². The van der Waals surface area contributed by atoms with E-state index in [1.165, 1.54) is 19.1 Å². The minimum Gasteiger partial charge on any atom is -0.481 e. The van der Waals surface area contributed by atoms with Gasteiger partial charge in [0.25, 0.3) is 0 Å². The smallest absolute Gasteiger partial charge is 0.392 e. The standard InChI is InChI=1S/C23H27F4NO3/c1-4-15-5-8-17(9-6-15)20(14(3)23(25,26)27)21(29)28-19-12-16(7-10-18(19)24)11-13(2)22(30)31/h5-8,10,12-14,17,20H,4,9,11H2,1-3H3,(H,28,29)(H,30,31)/t13?,14-,17?,20+/m1/s1. The molecule has 0 saturated heterocycles. The zero-order chi connectivity index (χ0) is 23.3. The number of rotatable bonds is 8. The first-order valence-electron chi connectivity index (χ1n) is 10.2. The molecule has 1 aromatic carbocycles. The van der Waals surface area contributed by atoms with E-state index in [1.54, 1.807) is 12.2 Å². The average Bonchev–Trinajstić information content (AvgIpc) is 2.70. The predicted octanol–water partition coefficient (Wildman–Crippen LogP) is 5.75. The molecule has 2 rings (SSSR count). The quantitative estimate of drug-likeness (QED) is 0.505. The van der Waals surface area contributed by atoms with Crippen LogP contribution in [0, 0.1) is 29.5 Å². The Bertz CT molecular complexity index is 876. The van der Waals surface area contributed by atoms with Crippen molar-refractivity contribution in [3.05, 3.63) is 53.4 Å². The van der Waals surface area contributed by atoms with E-state index in [4.69, 9.17) is 5.11 Å². The molecule has 4 nitrogen and oxygen atoms in total. The molecule has 4 atom stereocenters. The fraction of sp³-hybridized carbons (Fsp3) is 0.478. The molecule has 1 aromatic rings. The average molecular weight is 441 g/mol. The third kappa shape index (κ3) is 6.42. The number of allylic oxidation sites excluding steroid dienone is 4. The summed E-state index contributed by atoms with van der Waals surface area (Å²) in [5.74, 6) is -7.54. The molecule has 2 N–H and O–H groups in total. The minimum absolute atomic E-state index is 0.0941. The van der Waals surface area contributed by atoms with Gasteiger partial charge in [-0.3, -0.25) is 9.59 Å². The van der Waals surface area contributed by atoms with E-state index in [1.807, 2.05) is 13.0 Å². The first-order valence-corrected chi connectivity index (χ1v) is 10.2. The first-order chi connectivity index (χ1) is 14.4. The summed E-state index contributed by atoms with van der Waals surface area (Å²) in [7, 11) is 0. The van der Waals surface area contributed by atoms with Crippen LogP contribution in [0.2, 0.25) is 0 Å². The van der Waals surface area contributed by atoms with Crippen LogP contribution in [0.3, 0.4) is 0 Å². The molecule has 0 heterocycles. The maximum atomic E-state index is 14.3. The second-order valence-corrected chi connectivity index (χ2v) is 7.99. The summed E-state index contributed by atoms with van der Waals surface area (Å²) in [4.78, 5) is 24.0. The van der Waals surface area contributed by atoms with Gasteiger partial charge in [0, 0.05) is 0 Å². The molecular formula is C23H27F4NO3. The van der Waals surface area contributed by atoms with Crippen molar-refractivity contribution in [1.29, 1.82) is 0 Å². The molecule has 1 aliphatic carbocycles. The van der Waals surface area contributed by atoms with E-state index in [-0.39, 0.29) is 18.5 Å². The Labute approximate surface area is 179 Å². The van der Waals surface area contributed by atoms with Gasteiger partial charge < -0.3 is 10.4 Å². The van der Waals surface area contributed by atoms with Crippen LogP contribution in [0.1, 0.15) is 39.2 Å². The van der Waals surface area contributed by atoms with E-state index in [9.17, 15) is 27.2 Å². The Balaban J connectivity index is 2.28. The van der Waals surface area contributed by atoms with Gasteiger partial charge in [0.2, 0.25) is 5.91 Å². The summed E-state index contributed by atoms with van der Waals surface area (Å²) in [6.45, 7) is 4.37. The Morgan fingerprint density at radius 3 is 2.45 bits per heavy atom. The first kappa shape index (κ1) is 24.6. The lowest BCUT2D eigenvalue weighted by Crippen LogP contribution is -2.40. The van der Waals surface area contributed by atoms with Gasteiger partial charge in [-0.05, 0) is 42.9 Å². The molecule has 0 spiro atoms. The van der Waals surface area contributed by atoms with Gasteiger partial charge in [0.15, 0.2) is 0 Å². The molecular weight excluding hydrogens is 414 g/mol. The molecule has 0 saturated carbocycles. The van der Waals surface area contributed by atoms with Gasteiger partial charge in [-0.1, -0.05) is 50.6 Å². The monoisotopic (exact) mass is 441 g/mol. The number of hydrogen-bond acceptors (Lipinski definition) is 2. The van der Waals surface area contributed by atoms with Gasteiger partial charge in [-0.15, -0.1) is 0 Å². The number of aliphatic carboxylic acids is 1. The fourth-order valence-electron chi connectivity index (χ4n) is 3.66. The number of carboxylic acids is 1. The molecule has 2 unspecified atom stereocenters. The third-order valence-corrected chi connectivity index (χ3v) is 5.69. The Morgan fingerprint density at radius 2 is 1.94 bits per heavy atom. The molecule has 1 amide bonds. The van der Waals surface area contributed by atoms with E-state index in [0.717, 1.165) is 25.0 Å². The van der Waals surface area contributed by atoms with Crippen molar-refractivity contribution in [1.82, 2.24) is 0 Å². The summed E-state index contributed by atoms with van der Waals surface area (Å²) in [6.07, 6.45) is 1.69. The summed E-state index contributed by atoms with van der Waals surface area (Å²) in [6, 6.07) is 3.73. The molecule has 0 fully saturated rings. The highest BCUT2D eigenvalue weighted by molar-refractivity contribution is 5.93. The van der Waals surface area contributed by atoms with Crippen LogP contribution in [0.4, 0.5) is 23.2 Å². The predicted molar refractivity (Wildman–Crippen MR) is 110 cm³/mol. The number of carbonyl (C=O) groups excluding carboxylic acids is 1. The number of alkyl halides is 3. The minimum atomic E-state index is -4.60. The Hall–Kier alpha value is -2.64. The van der Waals surface area contributed by atoms with Crippen molar-refractivity contribution < 1.29 is 32.3 Å². The van der Waals surface area contributed by atoms with Crippen LogP contribution in [0.25, 0.3) is 0 Å². The number of amides is 1. The fourth-order valence-corrected chi connectivity index (χ4v) is 3.66. The highest BCUT2D eigenvalue weighted by atomic mass is 19.4. The van der Waals surface area contributed by atoms with E-state index in [2.05, 4.69) is 5.32 Å². The second kappa shape index (κ2) is 10.1. The van der Waals surface area contributed by atoms with Gasteiger partial charge in [-0.2, -0.15) is 13.2 Å². The number of carboxylic acid groups (broad SMARTS) is 1. The summed E-state index contributed by atoms with van der Waals surface area (Å²) in [5.41, 5.74) is 1.19. The SMILES string of the molecule is CCC1=CCC([C@@H](C(=O)Nc2cc(CC(C)C(=O)O)ccc2F)[C@@H](C)C(F)(F)F)C=C1. The molecule has 0 aliphatic heterocycles. The van der Waals surface area contributed by atoms with E-state index < -0.39 is 47.5 Å². The van der Waals surface area contributed by atoms with Crippen LogP contribution in [0.5, 0.6) is 0 Å². The number of nitrogens with one attached hydrogen (secondary N) is 1. The van der Waals surface area contributed by atoms with Crippen LogP contribution in [-0.4, -0.2) is 23.2 Å². The van der Waals surface area contributed by atoms with Crippen molar-refractivity contribution in [2.24, 2.45) is 23.7 Å². The zero-order valence-corrected chi connectivity index (χ0v) is 17.7. The number of anilines is 1. The van der Waals surface area contributed by atoms with E-state index in [0.29, 0.717) is 5.56 Å². The summed E-state index contributed by atoms with van der Waals surface area (Å²) in [5, 5.41) is 11.4. The largest absolute Gasteiger partial charge is 0.481 e. The van der Waals surface area contributed by atoms with Gasteiger partial charge in [0.1, 0.15) is 5.82 Å². The molecule has 8 heteroatoms. The molecule has 0 radical (unpaired) electrons. The number of benzene rings is 1. The van der Waals surface area contributed by atoms with Crippen molar-refractivity contribution in [2.45, 2.75) is 46.2 Å². The Morgan fingerprint density at radius 1 is 1.26 bits per heavy atom. The van der Waals surface area contributed by atoms with Gasteiger partial charge >= 0.3 is 12.1 Å². The van der Waals surface area contributed by atoms with Gasteiger partial charge in [-0.25, -0.2) is 4.39 Å². The second-order valence-electron chi connectivity index (χ2n) is 7.99. The molecule has 31 heavy (non-hydrogen) atoms. The lowest BCUT2D eigenvalue weighted by atomic mass is 9.77. The van der Waals surface area contributed by atoms with Gasteiger partial charge in [0.05, 0.1) is 23.4 Å². The Kier molecular flexibility index (Phi) is 8.03. The zero-order valence-electron chi connectivity index (χ0n) is 17.7. The maximum Gasteiger partial charge on any atom is 0.392 e. The third-order valence-electron chi connectivity index (χ3n) is 5.69. The summed E-state index contributed by atoms with van der Waals surface area (Å²) >= 11 is 0. The van der Waals surface area contributed by atoms with Crippen molar-refractivity contribution in [3.63, 3.8) is 0 Å². The van der Waals surface area contributed by atoms with Crippen LogP contribution in [-0.2, 0) is 16.0 Å². The number of hydrogen-bond donors (Lipinski definition) is 2. The molecule has 0 bridgehead atoms. The number of carbonyl (C=O) groups is 2. The van der Waals surface area contributed by atoms with Crippen molar-refractivity contribution >= 4 is 17.6 Å². The lowest BCUT2D eigenvalue weighted by molar-refractivity contribution is -0.188. The number of halogens is 4. The molecule has 1 aliphatic rings. The normalized spacial score (nSPS) is 19.3.